The molecule has 0 amide bonds. The molecule has 14 heavy (non-hydrogen) atoms. The highest BCUT2D eigenvalue weighted by molar-refractivity contribution is 5.86. The molecule has 0 bridgehead atoms. The van der Waals surface area contributed by atoms with Gasteiger partial charge in [0.15, 0.2) is 5.76 Å². The Morgan fingerprint density at radius 3 is 2.79 bits per heavy atom. The van der Waals surface area contributed by atoms with Crippen LogP contribution in [-0.2, 0) is 4.74 Å². The molecule has 0 aliphatic carbocycles. The van der Waals surface area contributed by atoms with Crippen LogP contribution >= 0.6 is 0 Å². The van der Waals surface area contributed by atoms with Crippen LogP contribution in [0.1, 0.15) is 20.8 Å². The maximum Gasteiger partial charge on any atom is 0.216 e. The molecule has 0 radical (unpaired) electrons. The van der Waals surface area contributed by atoms with Gasteiger partial charge >= 0.3 is 0 Å². The average molecular weight is 200 g/mol. The molecule has 1 atom stereocenters. The highest BCUT2D eigenvalue weighted by atomic mass is 16.5. The smallest absolute Gasteiger partial charge is 0.216 e. The van der Waals surface area contributed by atoms with Crippen LogP contribution in [0.15, 0.2) is 17.5 Å². The predicted octanol–water partition coefficient (Wildman–Crippen LogP) is 1.36. The van der Waals surface area contributed by atoms with E-state index in [9.17, 15) is 5.21 Å². The fourth-order valence-electron chi connectivity index (χ4n) is 0.744. The Kier molecular flexibility index (Phi) is 5.36. The Hall–Kier alpha value is -1.52. The van der Waals surface area contributed by atoms with Crippen LogP contribution in [-0.4, -0.2) is 34.5 Å². The van der Waals surface area contributed by atoms with Crippen molar-refractivity contribution < 1.29 is 14.7 Å². The van der Waals surface area contributed by atoms with Gasteiger partial charge in [0, 0.05) is 6.92 Å². The van der Waals surface area contributed by atoms with Gasteiger partial charge in [0.1, 0.15) is 5.71 Å². The fraction of sp³-hybridized carbons (Fsp3) is 0.556. The molecule has 0 rings (SSSR count). The van der Waals surface area contributed by atoms with Gasteiger partial charge in [-0.05, 0) is 13.8 Å². The van der Waals surface area contributed by atoms with E-state index >= 15 is 0 Å². The van der Waals surface area contributed by atoms with Gasteiger partial charge in [-0.3, -0.25) is 0 Å². The van der Waals surface area contributed by atoms with Crippen LogP contribution < -0.4 is 0 Å². The fourth-order valence-corrected chi connectivity index (χ4v) is 0.744. The Balaban J connectivity index is 4.44. The standard InChI is InChI=1S/C9H16N2O3/c1-5-14-7(2)6-11(13)9(4)8(3)10-12/h6,9,12H,2,5H2,1,3-4H3. The zero-order valence-electron chi connectivity index (χ0n) is 8.73. The van der Waals surface area contributed by atoms with Crippen molar-refractivity contribution in [3.05, 3.63) is 17.5 Å². The van der Waals surface area contributed by atoms with E-state index in [1.165, 1.54) is 6.21 Å². The SMILES string of the molecule is C=C(C=[N+]([O-])C(C)C(C)=NO)OCC. The Morgan fingerprint density at radius 2 is 2.36 bits per heavy atom. The van der Waals surface area contributed by atoms with Crippen molar-refractivity contribution in [2.24, 2.45) is 5.16 Å². The van der Waals surface area contributed by atoms with E-state index in [1.807, 2.05) is 0 Å². The Bertz CT molecular complexity index is 259. The van der Waals surface area contributed by atoms with Gasteiger partial charge in [0.2, 0.25) is 12.3 Å². The number of rotatable bonds is 5. The lowest BCUT2D eigenvalue weighted by Gasteiger charge is -2.11. The molecule has 5 heteroatoms. The molecule has 0 heterocycles. The second-order valence-electron chi connectivity index (χ2n) is 2.81. The zero-order chi connectivity index (χ0) is 11.1. The van der Waals surface area contributed by atoms with Gasteiger partial charge in [-0.15, -0.1) is 0 Å². The van der Waals surface area contributed by atoms with E-state index in [1.54, 1.807) is 20.8 Å². The predicted molar refractivity (Wildman–Crippen MR) is 54.8 cm³/mol. The molecule has 1 unspecified atom stereocenters. The van der Waals surface area contributed by atoms with Crippen LogP contribution in [0, 0.1) is 5.21 Å². The minimum Gasteiger partial charge on any atom is -0.623 e. The molecule has 0 aliphatic heterocycles. The summed E-state index contributed by atoms with van der Waals surface area (Å²) in [5.41, 5.74) is 0.334. The summed E-state index contributed by atoms with van der Waals surface area (Å²) >= 11 is 0. The first-order chi connectivity index (χ1) is 6.52. The molecule has 5 nitrogen and oxygen atoms in total. The second-order valence-corrected chi connectivity index (χ2v) is 2.81. The monoisotopic (exact) mass is 200 g/mol. The highest BCUT2D eigenvalue weighted by Gasteiger charge is 2.13. The lowest BCUT2D eigenvalue weighted by molar-refractivity contribution is -0.472. The highest BCUT2D eigenvalue weighted by Crippen LogP contribution is 1.95. The summed E-state index contributed by atoms with van der Waals surface area (Å²) in [5, 5.41) is 22.8. The van der Waals surface area contributed by atoms with Gasteiger partial charge in [-0.1, -0.05) is 11.7 Å². The van der Waals surface area contributed by atoms with Gasteiger partial charge in [0.25, 0.3) is 0 Å². The van der Waals surface area contributed by atoms with Crippen LogP contribution in [0.5, 0.6) is 0 Å². The summed E-state index contributed by atoms with van der Waals surface area (Å²) < 4.78 is 5.61. The summed E-state index contributed by atoms with van der Waals surface area (Å²) in [4.78, 5) is 0. The molecule has 0 saturated heterocycles. The third kappa shape index (κ3) is 3.93. The van der Waals surface area contributed by atoms with Gasteiger partial charge in [-0.2, -0.15) is 0 Å². The maximum absolute atomic E-state index is 11.4. The number of hydroxylamine groups is 1. The lowest BCUT2D eigenvalue weighted by Crippen LogP contribution is -2.27. The lowest BCUT2D eigenvalue weighted by atomic mass is 10.2. The number of hydrogen-bond acceptors (Lipinski definition) is 4. The molecule has 80 valence electrons. The first-order valence-electron chi connectivity index (χ1n) is 4.33. The van der Waals surface area contributed by atoms with E-state index in [2.05, 4.69) is 11.7 Å². The Labute approximate surface area is 83.6 Å². The number of nitrogens with zero attached hydrogens (tertiary/aromatic N) is 2. The van der Waals surface area contributed by atoms with E-state index in [4.69, 9.17) is 9.94 Å². The number of hydrogen-bond donors (Lipinski definition) is 1. The molecule has 1 N–H and O–H groups in total. The van der Waals surface area contributed by atoms with Crippen molar-refractivity contribution in [1.82, 2.24) is 0 Å². The molecule has 0 aromatic rings. The summed E-state index contributed by atoms with van der Waals surface area (Å²) in [6, 6.07) is -0.530. The molecule has 0 saturated carbocycles. The number of allylic oxidation sites excluding steroid dienone is 1. The molecule has 0 spiro atoms. The first kappa shape index (κ1) is 12.5. The number of oxime groups is 1. The minimum absolute atomic E-state index is 0.292. The van der Waals surface area contributed by atoms with Crippen molar-refractivity contribution >= 4 is 11.9 Å². The van der Waals surface area contributed by atoms with E-state index in [0.717, 1.165) is 0 Å². The molecule has 0 fully saturated rings. The largest absolute Gasteiger partial charge is 0.623 e. The molecule has 0 aromatic heterocycles. The quantitative estimate of drug-likeness (QED) is 0.182. The van der Waals surface area contributed by atoms with E-state index < -0.39 is 6.04 Å². The maximum atomic E-state index is 11.4. The van der Waals surface area contributed by atoms with Gasteiger partial charge in [-0.25, -0.2) is 4.74 Å². The van der Waals surface area contributed by atoms with Crippen molar-refractivity contribution in [3.8, 4) is 0 Å². The van der Waals surface area contributed by atoms with Gasteiger partial charge in [0.05, 0.1) is 6.61 Å². The normalized spacial score (nSPS) is 15.1. The van der Waals surface area contributed by atoms with Crippen molar-refractivity contribution in [2.45, 2.75) is 26.8 Å². The number of ether oxygens (including phenoxy) is 1. The van der Waals surface area contributed by atoms with Crippen molar-refractivity contribution in [3.63, 3.8) is 0 Å². The topological polar surface area (TPSA) is 67.9 Å². The summed E-state index contributed by atoms with van der Waals surface area (Å²) in [6.45, 7) is 8.98. The molecular formula is C9H16N2O3. The summed E-state index contributed by atoms with van der Waals surface area (Å²) in [5.74, 6) is 0.292. The van der Waals surface area contributed by atoms with Crippen LogP contribution in [0.4, 0.5) is 0 Å². The Morgan fingerprint density at radius 1 is 1.79 bits per heavy atom. The minimum atomic E-state index is -0.530. The second kappa shape index (κ2) is 6.01. The van der Waals surface area contributed by atoms with Crippen molar-refractivity contribution in [2.75, 3.05) is 6.61 Å². The molecule has 0 aromatic carbocycles. The van der Waals surface area contributed by atoms with E-state index in [0.29, 0.717) is 22.8 Å². The molecule has 0 aliphatic rings. The average Bonchev–Trinajstić information content (AvgIpc) is 2.15. The summed E-state index contributed by atoms with van der Waals surface area (Å²) in [6.07, 6.45) is 1.23. The molecular weight excluding hydrogens is 184 g/mol. The summed E-state index contributed by atoms with van der Waals surface area (Å²) in [7, 11) is 0. The van der Waals surface area contributed by atoms with Crippen LogP contribution in [0.3, 0.4) is 0 Å². The zero-order valence-corrected chi connectivity index (χ0v) is 8.73. The van der Waals surface area contributed by atoms with Crippen LogP contribution in [0.25, 0.3) is 0 Å². The van der Waals surface area contributed by atoms with E-state index in [-0.39, 0.29) is 0 Å². The third-order valence-corrected chi connectivity index (χ3v) is 1.75. The first-order valence-corrected chi connectivity index (χ1v) is 4.33. The van der Waals surface area contributed by atoms with Gasteiger partial charge < -0.3 is 15.2 Å². The van der Waals surface area contributed by atoms with Crippen molar-refractivity contribution in [1.29, 1.82) is 0 Å². The van der Waals surface area contributed by atoms with Crippen LogP contribution in [0.2, 0.25) is 0 Å². The third-order valence-electron chi connectivity index (χ3n) is 1.75.